The smallest absolute Gasteiger partial charge is 0.258 e. The van der Waals surface area contributed by atoms with Crippen LogP contribution < -0.4 is 15.3 Å². The van der Waals surface area contributed by atoms with Crippen LogP contribution in [0.1, 0.15) is 43.0 Å². The van der Waals surface area contributed by atoms with E-state index in [1.807, 2.05) is 37.3 Å². The SMILES string of the molecule is CCN(C(=O)c1ccc(NC(=O)[C@H]2CCCC[C@@H]2C(=O)[O-])cc1)c1ccccc1. The van der Waals surface area contributed by atoms with Crippen LogP contribution in [0.2, 0.25) is 0 Å². The summed E-state index contributed by atoms with van der Waals surface area (Å²) in [4.78, 5) is 38.4. The molecule has 1 saturated carbocycles. The molecule has 2 atom stereocenters. The molecule has 0 heterocycles. The van der Waals surface area contributed by atoms with Gasteiger partial charge in [-0.2, -0.15) is 0 Å². The fraction of sp³-hybridized carbons (Fsp3) is 0.348. The number of amides is 2. The monoisotopic (exact) mass is 393 g/mol. The van der Waals surface area contributed by atoms with Crippen molar-refractivity contribution >= 4 is 29.2 Å². The lowest BCUT2D eigenvalue weighted by molar-refractivity contribution is -0.313. The normalized spacial score (nSPS) is 18.7. The van der Waals surface area contributed by atoms with Crippen LogP contribution in [-0.2, 0) is 9.59 Å². The minimum absolute atomic E-state index is 0.124. The summed E-state index contributed by atoms with van der Waals surface area (Å²) >= 11 is 0. The zero-order valence-corrected chi connectivity index (χ0v) is 16.5. The van der Waals surface area contributed by atoms with Crippen molar-refractivity contribution in [2.75, 3.05) is 16.8 Å². The average Bonchev–Trinajstić information content (AvgIpc) is 2.75. The number of carbonyl (C=O) groups excluding carboxylic acids is 3. The summed E-state index contributed by atoms with van der Waals surface area (Å²) < 4.78 is 0. The first-order valence-corrected chi connectivity index (χ1v) is 10.00. The van der Waals surface area contributed by atoms with Gasteiger partial charge in [0, 0.05) is 41.3 Å². The lowest BCUT2D eigenvalue weighted by Gasteiger charge is -2.31. The van der Waals surface area contributed by atoms with E-state index in [1.165, 1.54) is 0 Å². The van der Waals surface area contributed by atoms with Gasteiger partial charge < -0.3 is 20.1 Å². The molecule has 0 aromatic heterocycles. The number of carboxylic acid groups (broad SMARTS) is 1. The zero-order valence-electron chi connectivity index (χ0n) is 16.5. The molecule has 2 aromatic carbocycles. The molecule has 0 bridgehead atoms. The van der Waals surface area contributed by atoms with E-state index in [0.29, 0.717) is 30.6 Å². The van der Waals surface area contributed by atoms with Crippen LogP contribution in [0.4, 0.5) is 11.4 Å². The molecule has 0 unspecified atom stereocenters. The van der Waals surface area contributed by atoms with Gasteiger partial charge in [0.25, 0.3) is 5.91 Å². The predicted molar refractivity (Wildman–Crippen MR) is 109 cm³/mol. The number of para-hydroxylation sites is 1. The second-order valence-electron chi connectivity index (χ2n) is 7.27. The molecule has 3 rings (SSSR count). The van der Waals surface area contributed by atoms with Crippen LogP contribution >= 0.6 is 0 Å². The van der Waals surface area contributed by atoms with Crippen LogP contribution in [-0.4, -0.2) is 24.3 Å². The molecule has 6 heteroatoms. The first-order chi connectivity index (χ1) is 14.0. The molecule has 1 N–H and O–H groups in total. The minimum Gasteiger partial charge on any atom is -0.550 e. The van der Waals surface area contributed by atoms with Crippen molar-refractivity contribution in [2.45, 2.75) is 32.6 Å². The molecule has 2 amide bonds. The van der Waals surface area contributed by atoms with Crippen molar-refractivity contribution in [2.24, 2.45) is 11.8 Å². The highest BCUT2D eigenvalue weighted by molar-refractivity contribution is 6.06. The molecule has 0 radical (unpaired) electrons. The molecular weight excluding hydrogens is 368 g/mol. The fourth-order valence-corrected chi connectivity index (χ4v) is 3.87. The third kappa shape index (κ3) is 4.83. The number of rotatable bonds is 6. The molecule has 1 aliphatic rings. The van der Waals surface area contributed by atoms with Crippen LogP contribution in [0.5, 0.6) is 0 Å². The average molecular weight is 393 g/mol. The van der Waals surface area contributed by atoms with E-state index < -0.39 is 17.8 Å². The van der Waals surface area contributed by atoms with Crippen molar-refractivity contribution < 1.29 is 19.5 Å². The number of hydrogen-bond donors (Lipinski definition) is 1. The number of carboxylic acids is 1. The number of hydrogen-bond acceptors (Lipinski definition) is 4. The highest BCUT2D eigenvalue weighted by Crippen LogP contribution is 2.31. The molecule has 29 heavy (non-hydrogen) atoms. The van der Waals surface area contributed by atoms with Gasteiger partial charge in [-0.25, -0.2) is 0 Å². The van der Waals surface area contributed by atoms with Gasteiger partial charge in [0.15, 0.2) is 0 Å². The third-order valence-corrected chi connectivity index (χ3v) is 5.43. The van der Waals surface area contributed by atoms with E-state index >= 15 is 0 Å². The topological polar surface area (TPSA) is 89.5 Å². The lowest BCUT2D eigenvalue weighted by atomic mass is 9.78. The number of benzene rings is 2. The Morgan fingerprint density at radius 3 is 2.17 bits per heavy atom. The first kappa shape index (κ1) is 20.6. The van der Waals surface area contributed by atoms with E-state index in [2.05, 4.69) is 5.32 Å². The third-order valence-electron chi connectivity index (χ3n) is 5.43. The molecule has 1 fully saturated rings. The van der Waals surface area contributed by atoms with Crippen LogP contribution in [0, 0.1) is 11.8 Å². The highest BCUT2D eigenvalue weighted by Gasteiger charge is 2.31. The molecule has 152 valence electrons. The van der Waals surface area contributed by atoms with E-state index in [4.69, 9.17) is 0 Å². The van der Waals surface area contributed by atoms with Crippen molar-refractivity contribution in [1.82, 2.24) is 0 Å². The maximum Gasteiger partial charge on any atom is 0.258 e. The Hall–Kier alpha value is -3.15. The molecule has 0 spiro atoms. The quantitative estimate of drug-likeness (QED) is 0.817. The van der Waals surface area contributed by atoms with Crippen molar-refractivity contribution in [1.29, 1.82) is 0 Å². The maximum absolute atomic E-state index is 12.8. The van der Waals surface area contributed by atoms with Gasteiger partial charge in [-0.1, -0.05) is 31.0 Å². The van der Waals surface area contributed by atoms with Crippen LogP contribution in [0.25, 0.3) is 0 Å². The lowest BCUT2D eigenvalue weighted by Crippen LogP contribution is -2.42. The van der Waals surface area contributed by atoms with Crippen molar-refractivity contribution in [3.8, 4) is 0 Å². The Morgan fingerprint density at radius 2 is 1.59 bits per heavy atom. The summed E-state index contributed by atoms with van der Waals surface area (Å²) in [6, 6.07) is 16.1. The van der Waals surface area contributed by atoms with Gasteiger partial charge in [0.05, 0.1) is 0 Å². The first-order valence-electron chi connectivity index (χ1n) is 10.00. The van der Waals surface area contributed by atoms with Gasteiger partial charge in [0.1, 0.15) is 0 Å². The molecule has 1 aliphatic carbocycles. The minimum atomic E-state index is -1.16. The number of anilines is 2. The van der Waals surface area contributed by atoms with Gasteiger partial charge in [-0.3, -0.25) is 9.59 Å². The van der Waals surface area contributed by atoms with Crippen LogP contribution in [0.15, 0.2) is 54.6 Å². The highest BCUT2D eigenvalue weighted by atomic mass is 16.4. The second-order valence-corrected chi connectivity index (χ2v) is 7.27. The fourth-order valence-electron chi connectivity index (χ4n) is 3.87. The van der Waals surface area contributed by atoms with Gasteiger partial charge in [-0.15, -0.1) is 0 Å². The summed E-state index contributed by atoms with van der Waals surface area (Å²) in [5.74, 6) is -2.91. The molecule has 0 saturated heterocycles. The molecule has 2 aromatic rings. The van der Waals surface area contributed by atoms with Crippen LogP contribution in [0.3, 0.4) is 0 Å². The summed E-state index contributed by atoms with van der Waals surface area (Å²) in [5, 5.41) is 14.1. The summed E-state index contributed by atoms with van der Waals surface area (Å²) in [7, 11) is 0. The summed E-state index contributed by atoms with van der Waals surface area (Å²) in [5.41, 5.74) is 1.87. The van der Waals surface area contributed by atoms with Crippen molar-refractivity contribution in [3.63, 3.8) is 0 Å². The van der Waals surface area contributed by atoms with E-state index in [9.17, 15) is 19.5 Å². The number of carbonyl (C=O) groups is 3. The molecule has 6 nitrogen and oxygen atoms in total. The predicted octanol–water partition coefficient (Wildman–Crippen LogP) is 2.85. The Balaban J connectivity index is 1.69. The Kier molecular flexibility index (Phi) is 6.65. The van der Waals surface area contributed by atoms with Gasteiger partial charge in [-0.05, 0) is 56.2 Å². The van der Waals surface area contributed by atoms with E-state index in [-0.39, 0.29) is 11.8 Å². The maximum atomic E-state index is 12.8. The molecule has 0 aliphatic heterocycles. The number of nitrogens with one attached hydrogen (secondary N) is 1. The number of nitrogens with zero attached hydrogens (tertiary/aromatic N) is 1. The van der Waals surface area contributed by atoms with Gasteiger partial charge >= 0.3 is 0 Å². The molecular formula is C23H25N2O4-. The van der Waals surface area contributed by atoms with E-state index in [0.717, 1.165) is 18.5 Å². The second kappa shape index (κ2) is 9.37. The summed E-state index contributed by atoms with van der Waals surface area (Å²) in [6.45, 7) is 2.45. The van der Waals surface area contributed by atoms with Gasteiger partial charge in [0.2, 0.25) is 5.91 Å². The largest absolute Gasteiger partial charge is 0.550 e. The zero-order chi connectivity index (χ0) is 20.8. The number of aliphatic carboxylic acids is 1. The van der Waals surface area contributed by atoms with E-state index in [1.54, 1.807) is 29.2 Å². The standard InChI is InChI=1S/C23H26N2O4/c1-2-25(18-8-4-3-5-9-18)22(27)16-12-14-17(15-13-16)24-21(26)19-10-6-7-11-20(19)23(28)29/h3-5,8-9,12-15,19-20H,2,6-7,10-11H2,1H3,(H,24,26)(H,28,29)/p-1/t19-,20-/m0/s1. The Bertz CT molecular complexity index is 864. The Morgan fingerprint density at radius 1 is 0.966 bits per heavy atom. The Labute approximate surface area is 170 Å². The summed E-state index contributed by atoms with van der Waals surface area (Å²) in [6.07, 6.45) is 2.65. The van der Waals surface area contributed by atoms with Crippen molar-refractivity contribution in [3.05, 3.63) is 60.2 Å².